The summed E-state index contributed by atoms with van der Waals surface area (Å²) < 4.78 is 11.5. The number of hydrogen-bond acceptors (Lipinski definition) is 6. The lowest BCUT2D eigenvalue weighted by molar-refractivity contribution is -0.140. The first-order valence-corrected chi connectivity index (χ1v) is 11.7. The molecular weight excluding hydrogens is 394 g/mol. The van der Waals surface area contributed by atoms with Crippen molar-refractivity contribution in [2.24, 2.45) is 11.8 Å². The molecule has 31 heavy (non-hydrogen) atoms. The van der Waals surface area contributed by atoms with Crippen LogP contribution in [0, 0.1) is 11.8 Å². The molecule has 0 radical (unpaired) electrons. The smallest absolute Gasteiger partial charge is 0.233 e. The van der Waals surface area contributed by atoms with Gasteiger partial charge in [0.15, 0.2) is 0 Å². The summed E-state index contributed by atoms with van der Waals surface area (Å²) in [5.74, 6) is 0.758. The van der Waals surface area contributed by atoms with Crippen molar-refractivity contribution >= 4 is 17.5 Å². The van der Waals surface area contributed by atoms with E-state index in [1.165, 1.54) is 4.90 Å². The Hall–Kier alpha value is -2.12. The first kappa shape index (κ1) is 20.8. The van der Waals surface area contributed by atoms with Gasteiger partial charge < -0.3 is 14.4 Å². The summed E-state index contributed by atoms with van der Waals surface area (Å²) in [4.78, 5) is 31.8. The normalized spacial score (nSPS) is 30.5. The number of nitrogens with zero attached hydrogens (tertiary/aromatic N) is 3. The number of amides is 2. The van der Waals surface area contributed by atoms with Crippen LogP contribution in [0.1, 0.15) is 33.1 Å². The van der Waals surface area contributed by atoms with Crippen LogP contribution in [0.2, 0.25) is 0 Å². The summed E-state index contributed by atoms with van der Waals surface area (Å²) in [5.41, 5.74) is 1.16. The molecule has 3 aliphatic heterocycles. The zero-order chi connectivity index (χ0) is 21.5. The van der Waals surface area contributed by atoms with Gasteiger partial charge in [0.25, 0.3) is 0 Å². The lowest BCUT2D eigenvalue weighted by Crippen LogP contribution is -2.47. The van der Waals surface area contributed by atoms with Crippen molar-refractivity contribution in [1.82, 2.24) is 9.80 Å². The Bertz CT molecular complexity index is 808. The number of carbonyl (C=O) groups is 2. The molecule has 0 aromatic heterocycles. The third-order valence-electron chi connectivity index (χ3n) is 7.11. The number of likely N-dealkylation sites (tertiary alicyclic amines) is 1. The zero-order valence-electron chi connectivity index (χ0n) is 18.5. The van der Waals surface area contributed by atoms with Crippen molar-refractivity contribution in [3.8, 4) is 5.75 Å². The van der Waals surface area contributed by atoms with Gasteiger partial charge in [-0.2, -0.15) is 0 Å². The van der Waals surface area contributed by atoms with E-state index in [2.05, 4.69) is 35.8 Å². The van der Waals surface area contributed by atoms with Gasteiger partial charge in [-0.05, 0) is 51.8 Å². The molecule has 1 aromatic carbocycles. The van der Waals surface area contributed by atoms with Crippen LogP contribution in [0.4, 0.5) is 5.69 Å². The van der Waals surface area contributed by atoms with Crippen LogP contribution in [-0.2, 0) is 14.3 Å². The highest BCUT2D eigenvalue weighted by Gasteiger charge is 2.58. The molecule has 4 atom stereocenters. The summed E-state index contributed by atoms with van der Waals surface area (Å²) >= 11 is 0. The Morgan fingerprint density at radius 2 is 1.61 bits per heavy atom. The second-order valence-electron chi connectivity index (χ2n) is 9.54. The molecule has 0 N–H and O–H groups in total. The van der Waals surface area contributed by atoms with Gasteiger partial charge in [0.2, 0.25) is 11.8 Å². The maximum absolute atomic E-state index is 12.7. The van der Waals surface area contributed by atoms with Crippen molar-refractivity contribution in [1.29, 1.82) is 0 Å². The quantitative estimate of drug-likeness (QED) is 0.491. The van der Waals surface area contributed by atoms with Gasteiger partial charge in [0, 0.05) is 32.7 Å². The molecule has 168 valence electrons. The SMILES string of the molecule is CC(C)Oc1ccccc1N1CCN(CCCN2C(=O)C3CC4OC4CC3C2=O)CC1. The summed E-state index contributed by atoms with van der Waals surface area (Å²) in [7, 11) is 0. The van der Waals surface area contributed by atoms with Crippen LogP contribution in [0.3, 0.4) is 0 Å². The van der Waals surface area contributed by atoms with E-state index in [-0.39, 0.29) is 42.0 Å². The monoisotopic (exact) mass is 427 g/mol. The number of hydrogen-bond donors (Lipinski definition) is 0. The third kappa shape index (κ3) is 4.17. The maximum atomic E-state index is 12.7. The van der Waals surface area contributed by atoms with Crippen LogP contribution in [-0.4, -0.2) is 79.2 Å². The molecule has 5 rings (SSSR count). The Labute approximate surface area is 184 Å². The Morgan fingerprint density at radius 1 is 0.968 bits per heavy atom. The minimum Gasteiger partial charge on any atom is -0.489 e. The van der Waals surface area contributed by atoms with E-state index in [0.717, 1.165) is 63.4 Å². The molecule has 0 bridgehead atoms. The fraction of sp³-hybridized carbons (Fsp3) is 0.667. The average Bonchev–Trinajstić information content (AvgIpc) is 3.50. The Kier molecular flexibility index (Phi) is 5.65. The zero-order valence-corrected chi connectivity index (χ0v) is 18.5. The number of carbonyl (C=O) groups excluding carboxylic acids is 2. The number of anilines is 1. The molecule has 2 amide bonds. The highest BCUT2D eigenvalue weighted by molar-refractivity contribution is 6.05. The van der Waals surface area contributed by atoms with Crippen LogP contribution in [0.15, 0.2) is 24.3 Å². The van der Waals surface area contributed by atoms with E-state index in [1.54, 1.807) is 0 Å². The minimum absolute atomic E-state index is 0.0375. The molecule has 1 aliphatic carbocycles. The van der Waals surface area contributed by atoms with E-state index in [4.69, 9.17) is 9.47 Å². The molecular formula is C24H33N3O4. The summed E-state index contributed by atoms with van der Waals surface area (Å²) in [5, 5.41) is 0. The lowest BCUT2D eigenvalue weighted by Gasteiger charge is -2.37. The van der Waals surface area contributed by atoms with Crippen molar-refractivity contribution in [3.63, 3.8) is 0 Å². The predicted molar refractivity (Wildman–Crippen MR) is 117 cm³/mol. The standard InChI is InChI=1S/C24H33N3O4/c1-16(2)30-20-7-4-3-6-19(20)26-12-10-25(11-13-26)8-5-9-27-23(28)17-14-21-22(31-21)15-18(17)24(27)29/h3-4,6-7,16-18,21-22H,5,8-15H2,1-2H3. The van der Waals surface area contributed by atoms with Crippen molar-refractivity contribution in [2.45, 2.75) is 51.4 Å². The van der Waals surface area contributed by atoms with Gasteiger partial charge in [-0.1, -0.05) is 12.1 Å². The molecule has 4 aliphatic rings. The lowest BCUT2D eigenvalue weighted by atomic mass is 9.81. The van der Waals surface area contributed by atoms with Crippen molar-refractivity contribution in [2.75, 3.05) is 44.2 Å². The molecule has 3 heterocycles. The predicted octanol–water partition coefficient (Wildman–Crippen LogP) is 2.15. The van der Waals surface area contributed by atoms with E-state index >= 15 is 0 Å². The third-order valence-corrected chi connectivity index (χ3v) is 7.11. The second kappa shape index (κ2) is 8.43. The fourth-order valence-corrected chi connectivity index (χ4v) is 5.43. The maximum Gasteiger partial charge on any atom is 0.233 e. The van der Waals surface area contributed by atoms with Crippen molar-refractivity contribution in [3.05, 3.63) is 24.3 Å². The minimum atomic E-state index is -0.132. The number of imide groups is 1. The molecule has 4 unspecified atom stereocenters. The highest BCUT2D eigenvalue weighted by atomic mass is 16.6. The van der Waals surface area contributed by atoms with Gasteiger partial charge >= 0.3 is 0 Å². The van der Waals surface area contributed by atoms with Crippen LogP contribution in [0.25, 0.3) is 0 Å². The van der Waals surface area contributed by atoms with Gasteiger partial charge in [-0.25, -0.2) is 0 Å². The molecule has 1 saturated carbocycles. The number of fused-ring (bicyclic) bond motifs is 2. The van der Waals surface area contributed by atoms with Crippen LogP contribution >= 0.6 is 0 Å². The number of benzene rings is 1. The second-order valence-corrected chi connectivity index (χ2v) is 9.54. The Balaban J connectivity index is 1.09. The van der Waals surface area contributed by atoms with E-state index in [0.29, 0.717) is 6.54 Å². The summed E-state index contributed by atoms with van der Waals surface area (Å²) in [6.45, 7) is 9.42. The molecule has 4 fully saturated rings. The molecule has 0 spiro atoms. The first-order chi connectivity index (χ1) is 15.0. The molecule has 7 nitrogen and oxygen atoms in total. The fourth-order valence-electron chi connectivity index (χ4n) is 5.43. The first-order valence-electron chi connectivity index (χ1n) is 11.7. The summed E-state index contributed by atoms with van der Waals surface area (Å²) in [6, 6.07) is 8.25. The van der Waals surface area contributed by atoms with Gasteiger partial charge in [-0.3, -0.25) is 19.4 Å². The van der Waals surface area contributed by atoms with E-state index in [1.807, 2.05) is 12.1 Å². The van der Waals surface area contributed by atoms with Crippen molar-refractivity contribution < 1.29 is 19.1 Å². The van der Waals surface area contributed by atoms with Crippen LogP contribution in [0.5, 0.6) is 5.75 Å². The van der Waals surface area contributed by atoms with E-state index in [9.17, 15) is 9.59 Å². The summed E-state index contributed by atoms with van der Waals surface area (Å²) in [6.07, 6.45) is 2.92. The van der Waals surface area contributed by atoms with Gasteiger partial charge in [0.1, 0.15) is 5.75 Å². The number of ether oxygens (including phenoxy) is 2. The number of epoxide rings is 1. The van der Waals surface area contributed by atoms with Gasteiger partial charge in [0.05, 0.1) is 35.8 Å². The topological polar surface area (TPSA) is 65.6 Å². The Morgan fingerprint density at radius 3 is 2.26 bits per heavy atom. The van der Waals surface area contributed by atoms with Crippen LogP contribution < -0.4 is 9.64 Å². The molecule has 3 saturated heterocycles. The number of rotatable bonds is 7. The number of piperazine rings is 1. The van der Waals surface area contributed by atoms with E-state index < -0.39 is 0 Å². The van der Waals surface area contributed by atoms with Gasteiger partial charge in [-0.15, -0.1) is 0 Å². The number of para-hydroxylation sites is 2. The molecule has 7 heteroatoms. The average molecular weight is 428 g/mol. The highest BCUT2D eigenvalue weighted by Crippen LogP contribution is 2.47. The largest absolute Gasteiger partial charge is 0.489 e. The molecule has 1 aromatic rings.